The normalized spacial score (nSPS) is 15.1. The van der Waals surface area contributed by atoms with Crippen molar-refractivity contribution in [3.05, 3.63) is 11.2 Å². The SMILES string of the molecule is CC/C=C(Cl)/N=C(/N)C(Cl)(Cl)Cl. The van der Waals surface area contributed by atoms with Crippen molar-refractivity contribution >= 4 is 52.2 Å². The molecule has 0 aromatic carbocycles. The average Bonchev–Trinajstić information content (AvgIpc) is 1.85. The molecule has 0 aromatic heterocycles. The second-order valence-corrected chi connectivity index (χ2v) is 4.60. The summed E-state index contributed by atoms with van der Waals surface area (Å²) in [7, 11) is 0. The number of aliphatic imine (C=N–C) groups is 1. The Kier molecular flexibility index (Phi) is 5.34. The summed E-state index contributed by atoms with van der Waals surface area (Å²) in [5.41, 5.74) is 5.31. The van der Waals surface area contributed by atoms with Crippen LogP contribution < -0.4 is 5.73 Å². The summed E-state index contributed by atoms with van der Waals surface area (Å²) in [6.07, 6.45) is 2.40. The zero-order valence-electron chi connectivity index (χ0n) is 6.32. The van der Waals surface area contributed by atoms with Crippen LogP contribution >= 0.6 is 46.4 Å². The van der Waals surface area contributed by atoms with Gasteiger partial charge in [-0.1, -0.05) is 53.3 Å². The van der Waals surface area contributed by atoms with Gasteiger partial charge in [0.2, 0.25) is 3.79 Å². The van der Waals surface area contributed by atoms with E-state index in [0.717, 1.165) is 6.42 Å². The Morgan fingerprint density at radius 2 is 2.00 bits per heavy atom. The van der Waals surface area contributed by atoms with Crippen LogP contribution in [0.2, 0.25) is 0 Å². The fourth-order valence-electron chi connectivity index (χ4n) is 0.393. The molecule has 0 aliphatic rings. The Morgan fingerprint density at radius 3 is 2.33 bits per heavy atom. The molecule has 0 amide bonds. The van der Waals surface area contributed by atoms with Crippen LogP contribution in [0.15, 0.2) is 16.2 Å². The molecule has 0 saturated carbocycles. The lowest BCUT2D eigenvalue weighted by Gasteiger charge is -2.08. The van der Waals surface area contributed by atoms with E-state index in [1.165, 1.54) is 0 Å². The number of rotatable bonds is 2. The molecule has 70 valence electrons. The third-order valence-corrected chi connectivity index (χ3v) is 1.71. The van der Waals surface area contributed by atoms with Crippen molar-refractivity contribution in [2.24, 2.45) is 10.7 Å². The fourth-order valence-corrected chi connectivity index (χ4v) is 0.765. The minimum atomic E-state index is -1.69. The van der Waals surface area contributed by atoms with Crippen molar-refractivity contribution in [2.45, 2.75) is 17.1 Å². The lowest BCUT2D eigenvalue weighted by atomic mass is 10.5. The van der Waals surface area contributed by atoms with E-state index in [1.807, 2.05) is 6.92 Å². The predicted octanol–water partition coefficient (Wildman–Crippen LogP) is 3.20. The summed E-state index contributed by atoms with van der Waals surface area (Å²) in [5, 5.41) is 0.223. The molecule has 0 bridgehead atoms. The summed E-state index contributed by atoms with van der Waals surface area (Å²) in [5.74, 6) is -0.137. The molecule has 0 spiro atoms. The highest BCUT2D eigenvalue weighted by atomic mass is 35.6. The van der Waals surface area contributed by atoms with Crippen molar-refractivity contribution < 1.29 is 0 Å². The summed E-state index contributed by atoms with van der Waals surface area (Å²) >= 11 is 21.9. The molecule has 0 saturated heterocycles. The molecule has 0 aliphatic carbocycles. The van der Waals surface area contributed by atoms with Crippen molar-refractivity contribution in [2.75, 3.05) is 0 Å². The van der Waals surface area contributed by atoms with Crippen molar-refractivity contribution in [1.82, 2.24) is 0 Å². The summed E-state index contributed by atoms with van der Waals surface area (Å²) < 4.78 is -1.69. The Morgan fingerprint density at radius 1 is 1.50 bits per heavy atom. The van der Waals surface area contributed by atoms with E-state index in [0.29, 0.717) is 0 Å². The van der Waals surface area contributed by atoms with Crippen LogP contribution in [0.4, 0.5) is 0 Å². The monoisotopic (exact) mass is 248 g/mol. The quantitative estimate of drug-likeness (QED) is 0.347. The molecule has 0 radical (unpaired) electrons. The van der Waals surface area contributed by atoms with Gasteiger partial charge in [0.1, 0.15) is 5.16 Å². The molecule has 0 aromatic rings. The first-order chi connectivity index (χ1) is 5.38. The van der Waals surface area contributed by atoms with Gasteiger partial charge >= 0.3 is 0 Å². The van der Waals surface area contributed by atoms with Crippen molar-refractivity contribution in [1.29, 1.82) is 0 Å². The highest BCUT2D eigenvalue weighted by Gasteiger charge is 2.25. The highest BCUT2D eigenvalue weighted by molar-refractivity contribution is 6.76. The maximum atomic E-state index is 5.60. The molecule has 6 heteroatoms. The number of allylic oxidation sites excluding steroid dienone is 1. The van der Waals surface area contributed by atoms with E-state index in [-0.39, 0.29) is 11.0 Å². The zero-order chi connectivity index (χ0) is 9.78. The van der Waals surface area contributed by atoms with Crippen molar-refractivity contribution in [3.63, 3.8) is 0 Å². The number of nitrogens with zero attached hydrogens (tertiary/aromatic N) is 1. The maximum Gasteiger partial charge on any atom is 0.247 e. The minimum absolute atomic E-state index is 0.137. The van der Waals surface area contributed by atoms with Gasteiger partial charge in [0.25, 0.3) is 0 Å². The Bertz CT molecular complexity index is 204. The molecule has 0 unspecified atom stereocenters. The first kappa shape index (κ1) is 12.4. The summed E-state index contributed by atoms with van der Waals surface area (Å²) in [6.45, 7) is 1.91. The third kappa shape index (κ3) is 5.09. The molecular formula is C6H8Cl4N2. The van der Waals surface area contributed by atoms with Crippen LogP contribution in [-0.2, 0) is 0 Å². The van der Waals surface area contributed by atoms with E-state index < -0.39 is 3.79 Å². The van der Waals surface area contributed by atoms with E-state index in [2.05, 4.69) is 4.99 Å². The molecule has 0 fully saturated rings. The third-order valence-electron chi connectivity index (χ3n) is 0.890. The van der Waals surface area contributed by atoms with Gasteiger partial charge in [-0.2, -0.15) is 0 Å². The predicted molar refractivity (Wildman–Crippen MR) is 56.1 cm³/mol. The van der Waals surface area contributed by atoms with Gasteiger partial charge in [0.15, 0.2) is 5.84 Å². The van der Waals surface area contributed by atoms with Gasteiger partial charge in [0, 0.05) is 0 Å². The molecule has 0 aliphatic heterocycles. The lowest BCUT2D eigenvalue weighted by Crippen LogP contribution is -2.28. The number of halogens is 4. The molecule has 0 rings (SSSR count). The Labute approximate surface area is 91.3 Å². The Hall–Kier alpha value is 0.370. The number of amidine groups is 1. The summed E-state index contributed by atoms with van der Waals surface area (Å²) in [4.78, 5) is 3.66. The minimum Gasteiger partial charge on any atom is -0.384 e. The molecule has 0 heterocycles. The topological polar surface area (TPSA) is 38.4 Å². The van der Waals surface area contributed by atoms with Crippen LogP contribution in [-0.4, -0.2) is 9.63 Å². The van der Waals surface area contributed by atoms with E-state index in [1.54, 1.807) is 6.08 Å². The molecule has 2 N–H and O–H groups in total. The van der Waals surface area contributed by atoms with Gasteiger partial charge in [-0.3, -0.25) is 0 Å². The van der Waals surface area contributed by atoms with Crippen LogP contribution in [0.1, 0.15) is 13.3 Å². The average molecular weight is 250 g/mol. The van der Waals surface area contributed by atoms with Crippen LogP contribution in [0.25, 0.3) is 0 Å². The zero-order valence-corrected chi connectivity index (χ0v) is 9.34. The van der Waals surface area contributed by atoms with Gasteiger partial charge in [-0.05, 0) is 12.5 Å². The first-order valence-electron chi connectivity index (χ1n) is 3.15. The molecule has 2 nitrogen and oxygen atoms in total. The maximum absolute atomic E-state index is 5.60. The first-order valence-corrected chi connectivity index (χ1v) is 4.66. The largest absolute Gasteiger partial charge is 0.384 e. The van der Waals surface area contributed by atoms with E-state index in [4.69, 9.17) is 52.1 Å². The lowest BCUT2D eigenvalue weighted by molar-refractivity contribution is 1.20. The smallest absolute Gasteiger partial charge is 0.247 e. The Balaban J connectivity index is 4.47. The van der Waals surface area contributed by atoms with Gasteiger partial charge < -0.3 is 5.73 Å². The standard InChI is InChI=1S/C6H8Cl4N2/c1-2-3-4(7)12-5(11)6(8,9)10/h3H,2H2,1H3,(H2,11,12)/b4-3+. The molecule has 0 atom stereocenters. The number of hydrogen-bond donors (Lipinski definition) is 1. The van der Waals surface area contributed by atoms with Gasteiger partial charge in [0.05, 0.1) is 0 Å². The second kappa shape index (κ2) is 5.18. The van der Waals surface area contributed by atoms with Crippen LogP contribution in [0.3, 0.4) is 0 Å². The number of alkyl halides is 3. The number of nitrogens with two attached hydrogens (primary N) is 1. The molecular weight excluding hydrogens is 242 g/mol. The van der Waals surface area contributed by atoms with Crippen LogP contribution in [0, 0.1) is 0 Å². The van der Waals surface area contributed by atoms with Gasteiger partial charge in [-0.25, -0.2) is 4.99 Å². The van der Waals surface area contributed by atoms with E-state index >= 15 is 0 Å². The number of hydrogen-bond acceptors (Lipinski definition) is 1. The summed E-state index contributed by atoms with van der Waals surface area (Å²) in [6, 6.07) is 0. The fraction of sp³-hybridized carbons (Fsp3) is 0.500. The highest BCUT2D eigenvalue weighted by Crippen LogP contribution is 2.26. The van der Waals surface area contributed by atoms with E-state index in [9.17, 15) is 0 Å². The second-order valence-electron chi connectivity index (χ2n) is 1.93. The van der Waals surface area contributed by atoms with Gasteiger partial charge in [-0.15, -0.1) is 0 Å². The molecule has 12 heavy (non-hydrogen) atoms. The van der Waals surface area contributed by atoms with Crippen LogP contribution in [0.5, 0.6) is 0 Å². The van der Waals surface area contributed by atoms with Crippen molar-refractivity contribution in [3.8, 4) is 0 Å².